The van der Waals surface area contributed by atoms with Crippen LogP contribution in [0.3, 0.4) is 0 Å². The highest BCUT2D eigenvalue weighted by Crippen LogP contribution is 2.17. The molecule has 1 aromatic carbocycles. The van der Waals surface area contributed by atoms with Crippen molar-refractivity contribution in [2.45, 2.75) is 45.6 Å². The lowest BCUT2D eigenvalue weighted by Gasteiger charge is -2.33. The van der Waals surface area contributed by atoms with Gasteiger partial charge < -0.3 is 25.6 Å². The van der Waals surface area contributed by atoms with Crippen LogP contribution in [0, 0.1) is 0 Å². The Bertz CT molecular complexity index is 635. The lowest BCUT2D eigenvalue weighted by atomic mass is 10.0. The molecule has 0 aliphatic carbocycles. The standard InChI is InChI=1S/C21H35N5O2/c1-17-8-4-5-13-26(17)14-7-11-23-21(22-3)24-12-15-28-20-10-6-9-19(16-20)25-18(2)27/h6,9-10,16-17H,4-5,7-8,11-15H2,1-3H3,(H,25,27)(H2,22,23,24). The summed E-state index contributed by atoms with van der Waals surface area (Å²) in [5.74, 6) is 1.43. The van der Waals surface area contributed by atoms with Gasteiger partial charge in [0.1, 0.15) is 12.4 Å². The fraction of sp³-hybridized carbons (Fsp3) is 0.619. The second kappa shape index (κ2) is 12.2. The molecule has 3 N–H and O–H groups in total. The van der Waals surface area contributed by atoms with Gasteiger partial charge in [0.05, 0.1) is 6.54 Å². The number of carbonyl (C=O) groups is 1. The van der Waals surface area contributed by atoms with Crippen molar-refractivity contribution in [1.82, 2.24) is 15.5 Å². The Hall–Kier alpha value is -2.28. The first-order valence-corrected chi connectivity index (χ1v) is 10.3. The fourth-order valence-corrected chi connectivity index (χ4v) is 3.40. The number of benzene rings is 1. The molecule has 1 aromatic rings. The van der Waals surface area contributed by atoms with E-state index in [4.69, 9.17) is 4.74 Å². The molecule has 1 saturated heterocycles. The van der Waals surface area contributed by atoms with Crippen LogP contribution in [0.2, 0.25) is 0 Å². The third kappa shape index (κ3) is 8.17. The maximum Gasteiger partial charge on any atom is 0.221 e. The number of likely N-dealkylation sites (tertiary alicyclic amines) is 1. The average Bonchev–Trinajstić information content (AvgIpc) is 2.68. The van der Waals surface area contributed by atoms with Gasteiger partial charge in [0.2, 0.25) is 5.91 Å². The van der Waals surface area contributed by atoms with Gasteiger partial charge in [-0.05, 0) is 44.9 Å². The number of carbonyl (C=O) groups excluding carboxylic acids is 1. The number of ether oxygens (including phenoxy) is 1. The second-order valence-electron chi connectivity index (χ2n) is 7.22. The summed E-state index contributed by atoms with van der Waals surface area (Å²) in [6.07, 6.45) is 5.13. The number of piperidine rings is 1. The first-order valence-electron chi connectivity index (χ1n) is 10.3. The van der Waals surface area contributed by atoms with Crippen LogP contribution in [0.25, 0.3) is 0 Å². The lowest BCUT2D eigenvalue weighted by molar-refractivity contribution is -0.114. The Morgan fingerprint density at radius 3 is 2.86 bits per heavy atom. The van der Waals surface area contributed by atoms with Crippen molar-refractivity contribution in [3.63, 3.8) is 0 Å². The smallest absolute Gasteiger partial charge is 0.221 e. The van der Waals surface area contributed by atoms with Crippen LogP contribution in [-0.2, 0) is 4.79 Å². The van der Waals surface area contributed by atoms with Gasteiger partial charge in [0.25, 0.3) is 0 Å². The summed E-state index contributed by atoms with van der Waals surface area (Å²) in [5.41, 5.74) is 0.735. The molecule has 0 saturated carbocycles. The minimum Gasteiger partial charge on any atom is -0.492 e. The molecule has 1 heterocycles. The first-order chi connectivity index (χ1) is 13.6. The van der Waals surface area contributed by atoms with Gasteiger partial charge in [-0.1, -0.05) is 12.5 Å². The zero-order valence-corrected chi connectivity index (χ0v) is 17.5. The van der Waals surface area contributed by atoms with E-state index in [-0.39, 0.29) is 5.91 Å². The molecule has 0 radical (unpaired) electrons. The predicted molar refractivity (Wildman–Crippen MR) is 115 cm³/mol. The van der Waals surface area contributed by atoms with Crippen molar-refractivity contribution in [2.75, 3.05) is 45.2 Å². The van der Waals surface area contributed by atoms with E-state index in [1.165, 1.54) is 32.7 Å². The van der Waals surface area contributed by atoms with Crippen molar-refractivity contribution in [2.24, 2.45) is 4.99 Å². The normalized spacial score (nSPS) is 17.8. The summed E-state index contributed by atoms with van der Waals surface area (Å²) >= 11 is 0. The number of amides is 1. The van der Waals surface area contributed by atoms with Crippen LogP contribution in [-0.4, -0.2) is 62.6 Å². The molecule has 1 aliphatic rings. The van der Waals surface area contributed by atoms with E-state index >= 15 is 0 Å². The zero-order chi connectivity index (χ0) is 20.2. The van der Waals surface area contributed by atoms with Crippen molar-refractivity contribution >= 4 is 17.6 Å². The molecular weight excluding hydrogens is 354 g/mol. The van der Waals surface area contributed by atoms with E-state index in [2.05, 4.69) is 32.8 Å². The third-order valence-corrected chi connectivity index (χ3v) is 4.90. The van der Waals surface area contributed by atoms with Crippen molar-refractivity contribution in [3.05, 3.63) is 24.3 Å². The van der Waals surface area contributed by atoms with Gasteiger partial charge in [-0.2, -0.15) is 0 Å². The van der Waals surface area contributed by atoms with E-state index in [0.29, 0.717) is 19.2 Å². The molecule has 0 spiro atoms. The molecule has 1 unspecified atom stereocenters. The number of aliphatic imine (C=N–C) groups is 1. The highest BCUT2D eigenvalue weighted by Gasteiger charge is 2.17. The Morgan fingerprint density at radius 2 is 2.11 bits per heavy atom. The fourth-order valence-electron chi connectivity index (χ4n) is 3.40. The topological polar surface area (TPSA) is 78.0 Å². The van der Waals surface area contributed by atoms with Crippen LogP contribution in [0.1, 0.15) is 39.5 Å². The van der Waals surface area contributed by atoms with Crippen molar-refractivity contribution in [1.29, 1.82) is 0 Å². The van der Waals surface area contributed by atoms with Gasteiger partial charge >= 0.3 is 0 Å². The number of hydrogen-bond acceptors (Lipinski definition) is 4. The molecule has 0 bridgehead atoms. The third-order valence-electron chi connectivity index (χ3n) is 4.90. The van der Waals surface area contributed by atoms with Gasteiger partial charge in [-0.15, -0.1) is 0 Å². The number of nitrogens with one attached hydrogen (secondary N) is 3. The molecule has 7 heteroatoms. The Morgan fingerprint density at radius 1 is 1.29 bits per heavy atom. The van der Waals surface area contributed by atoms with E-state index in [1.54, 1.807) is 7.05 Å². The molecule has 0 aromatic heterocycles. The summed E-state index contributed by atoms with van der Waals surface area (Å²) in [4.78, 5) is 18.0. The van der Waals surface area contributed by atoms with Gasteiger partial charge in [-0.25, -0.2) is 0 Å². The molecule has 1 fully saturated rings. The zero-order valence-electron chi connectivity index (χ0n) is 17.5. The highest BCUT2D eigenvalue weighted by molar-refractivity contribution is 5.88. The Kier molecular flexibility index (Phi) is 9.62. The molecule has 1 atom stereocenters. The number of rotatable bonds is 9. The monoisotopic (exact) mass is 389 g/mol. The molecule has 28 heavy (non-hydrogen) atoms. The van der Waals surface area contributed by atoms with Gasteiger partial charge in [-0.3, -0.25) is 9.79 Å². The van der Waals surface area contributed by atoms with Crippen LogP contribution >= 0.6 is 0 Å². The molecule has 1 aliphatic heterocycles. The number of nitrogens with zero attached hydrogens (tertiary/aromatic N) is 2. The largest absolute Gasteiger partial charge is 0.492 e. The maximum atomic E-state index is 11.1. The van der Waals surface area contributed by atoms with Gasteiger partial charge in [0.15, 0.2) is 5.96 Å². The summed E-state index contributed by atoms with van der Waals surface area (Å²) in [5, 5.41) is 9.38. The molecule has 1 amide bonds. The summed E-state index contributed by atoms with van der Waals surface area (Å²) in [6.45, 7) is 8.25. The number of hydrogen-bond donors (Lipinski definition) is 3. The van der Waals surface area contributed by atoms with Crippen LogP contribution in [0.5, 0.6) is 5.75 Å². The van der Waals surface area contributed by atoms with Crippen molar-refractivity contribution in [3.8, 4) is 5.75 Å². The minimum atomic E-state index is -0.0940. The molecule has 7 nitrogen and oxygen atoms in total. The quantitative estimate of drug-likeness (QED) is 0.344. The Labute approximate surface area is 168 Å². The van der Waals surface area contributed by atoms with Crippen LogP contribution in [0.4, 0.5) is 5.69 Å². The summed E-state index contributed by atoms with van der Waals surface area (Å²) in [7, 11) is 1.78. The maximum absolute atomic E-state index is 11.1. The van der Waals surface area contributed by atoms with E-state index in [9.17, 15) is 4.79 Å². The van der Waals surface area contributed by atoms with Gasteiger partial charge in [0, 0.05) is 44.9 Å². The van der Waals surface area contributed by atoms with Crippen LogP contribution in [0.15, 0.2) is 29.3 Å². The lowest BCUT2D eigenvalue weighted by Crippen LogP contribution is -2.42. The van der Waals surface area contributed by atoms with Crippen molar-refractivity contribution < 1.29 is 9.53 Å². The molecular formula is C21H35N5O2. The predicted octanol–water partition coefficient (Wildman–Crippen LogP) is 2.45. The SMILES string of the molecule is CN=C(NCCCN1CCCCC1C)NCCOc1cccc(NC(C)=O)c1. The second-order valence-corrected chi connectivity index (χ2v) is 7.22. The van der Waals surface area contributed by atoms with E-state index in [1.807, 2.05) is 24.3 Å². The van der Waals surface area contributed by atoms with E-state index < -0.39 is 0 Å². The molecule has 156 valence electrons. The highest BCUT2D eigenvalue weighted by atomic mass is 16.5. The average molecular weight is 390 g/mol. The summed E-state index contributed by atoms with van der Waals surface area (Å²) < 4.78 is 5.74. The number of guanidine groups is 1. The molecule has 2 rings (SSSR count). The van der Waals surface area contributed by atoms with E-state index in [0.717, 1.165) is 36.9 Å². The number of anilines is 1. The minimum absolute atomic E-state index is 0.0940. The summed E-state index contributed by atoms with van der Waals surface area (Å²) in [6, 6.07) is 8.10. The first kappa shape index (κ1) is 22.0. The Balaban J connectivity index is 1.60. The van der Waals surface area contributed by atoms with Crippen LogP contribution < -0.4 is 20.7 Å².